The van der Waals surface area contributed by atoms with Gasteiger partial charge in [0, 0.05) is 39.9 Å². The molecule has 23 heavy (non-hydrogen) atoms. The van der Waals surface area contributed by atoms with Crippen LogP contribution in [0.4, 0.5) is 0 Å². The maximum Gasteiger partial charge on any atom is 0.251 e. The molecule has 0 saturated carbocycles. The van der Waals surface area contributed by atoms with E-state index in [2.05, 4.69) is 5.32 Å². The summed E-state index contributed by atoms with van der Waals surface area (Å²) in [5.41, 5.74) is 0.419. The van der Waals surface area contributed by atoms with Gasteiger partial charge >= 0.3 is 0 Å². The van der Waals surface area contributed by atoms with Crippen molar-refractivity contribution < 1.29 is 22.7 Å². The van der Waals surface area contributed by atoms with E-state index in [0.717, 1.165) is 4.31 Å². The number of carbonyl (C=O) groups is 1. The Hall–Kier alpha value is -1.48. The predicted molar refractivity (Wildman–Crippen MR) is 87.0 cm³/mol. The molecule has 0 unspecified atom stereocenters. The Kier molecular flexibility index (Phi) is 8.18. The quantitative estimate of drug-likeness (QED) is 0.632. The second-order valence-corrected chi connectivity index (χ2v) is 7.18. The lowest BCUT2D eigenvalue weighted by Crippen LogP contribution is -2.26. The molecule has 1 N–H and O–H groups in total. The van der Waals surface area contributed by atoms with Crippen LogP contribution in [0.3, 0.4) is 0 Å². The van der Waals surface area contributed by atoms with Gasteiger partial charge in [-0.2, -0.15) is 0 Å². The number of methoxy groups -OCH3 is 1. The molecule has 0 bridgehead atoms. The van der Waals surface area contributed by atoms with E-state index in [1.165, 1.54) is 38.4 Å². The van der Waals surface area contributed by atoms with Crippen molar-refractivity contribution in [1.82, 2.24) is 9.62 Å². The highest BCUT2D eigenvalue weighted by Crippen LogP contribution is 2.13. The second kappa shape index (κ2) is 9.61. The zero-order valence-corrected chi connectivity index (χ0v) is 14.6. The predicted octanol–water partition coefficient (Wildman–Crippen LogP) is 0.720. The lowest BCUT2D eigenvalue weighted by atomic mass is 10.2. The average Bonchev–Trinajstić information content (AvgIpc) is 2.53. The summed E-state index contributed by atoms with van der Waals surface area (Å²) in [5.74, 6) is -0.240. The summed E-state index contributed by atoms with van der Waals surface area (Å²) >= 11 is 0. The van der Waals surface area contributed by atoms with Crippen molar-refractivity contribution in [3.05, 3.63) is 29.8 Å². The standard InChI is InChI=1S/C15H24N2O5S/c1-17(2)23(19,20)14-7-5-13(6-8-14)15(18)16-9-4-10-22-12-11-21-3/h5-8H,4,9-12H2,1-3H3,(H,16,18). The van der Waals surface area contributed by atoms with Gasteiger partial charge in [0.25, 0.3) is 5.91 Å². The van der Waals surface area contributed by atoms with Crippen molar-refractivity contribution in [3.63, 3.8) is 0 Å². The number of nitrogens with one attached hydrogen (secondary N) is 1. The van der Waals surface area contributed by atoms with E-state index < -0.39 is 10.0 Å². The fourth-order valence-corrected chi connectivity index (χ4v) is 2.61. The van der Waals surface area contributed by atoms with E-state index >= 15 is 0 Å². The van der Waals surface area contributed by atoms with E-state index in [4.69, 9.17) is 9.47 Å². The minimum atomic E-state index is -3.48. The maximum absolute atomic E-state index is 11.9. The molecule has 1 rings (SSSR count). The summed E-state index contributed by atoms with van der Waals surface area (Å²) in [4.78, 5) is 12.1. The minimum absolute atomic E-state index is 0.158. The third-order valence-corrected chi connectivity index (χ3v) is 4.91. The van der Waals surface area contributed by atoms with Crippen LogP contribution in [-0.2, 0) is 19.5 Å². The number of carbonyl (C=O) groups excluding carboxylic acids is 1. The number of sulfonamides is 1. The smallest absolute Gasteiger partial charge is 0.251 e. The number of ether oxygens (including phenoxy) is 2. The highest BCUT2D eigenvalue weighted by atomic mass is 32.2. The van der Waals surface area contributed by atoms with Gasteiger partial charge in [-0.05, 0) is 30.7 Å². The van der Waals surface area contributed by atoms with Crippen molar-refractivity contribution in [2.75, 3.05) is 47.6 Å². The summed E-state index contributed by atoms with van der Waals surface area (Å²) in [6.45, 7) is 2.12. The molecule has 0 spiro atoms. The fourth-order valence-electron chi connectivity index (χ4n) is 1.71. The first-order valence-electron chi connectivity index (χ1n) is 7.27. The number of amides is 1. The molecular formula is C15H24N2O5S. The maximum atomic E-state index is 11.9. The highest BCUT2D eigenvalue weighted by molar-refractivity contribution is 7.89. The summed E-state index contributed by atoms with van der Waals surface area (Å²) in [6, 6.07) is 5.86. The Morgan fingerprint density at radius 3 is 2.35 bits per heavy atom. The minimum Gasteiger partial charge on any atom is -0.382 e. The van der Waals surface area contributed by atoms with Crippen LogP contribution in [-0.4, -0.2) is 66.2 Å². The topological polar surface area (TPSA) is 84.9 Å². The molecule has 0 radical (unpaired) electrons. The van der Waals surface area contributed by atoms with Gasteiger partial charge in [0.1, 0.15) is 0 Å². The first-order valence-corrected chi connectivity index (χ1v) is 8.71. The number of nitrogens with zero attached hydrogens (tertiary/aromatic N) is 1. The third-order valence-electron chi connectivity index (χ3n) is 3.08. The van der Waals surface area contributed by atoms with Crippen molar-refractivity contribution in [1.29, 1.82) is 0 Å². The van der Waals surface area contributed by atoms with Crippen LogP contribution in [0, 0.1) is 0 Å². The zero-order chi connectivity index (χ0) is 17.3. The fraction of sp³-hybridized carbons (Fsp3) is 0.533. The van der Waals surface area contributed by atoms with Crippen LogP contribution in [0.1, 0.15) is 16.8 Å². The van der Waals surface area contributed by atoms with E-state index in [0.29, 0.717) is 38.3 Å². The zero-order valence-electron chi connectivity index (χ0n) is 13.7. The molecule has 0 atom stereocenters. The van der Waals surface area contributed by atoms with Gasteiger partial charge < -0.3 is 14.8 Å². The van der Waals surface area contributed by atoms with Gasteiger partial charge in [-0.15, -0.1) is 0 Å². The number of benzene rings is 1. The van der Waals surface area contributed by atoms with E-state index in [9.17, 15) is 13.2 Å². The van der Waals surface area contributed by atoms with Crippen molar-refractivity contribution in [2.24, 2.45) is 0 Å². The van der Waals surface area contributed by atoms with Crippen molar-refractivity contribution >= 4 is 15.9 Å². The Morgan fingerprint density at radius 1 is 1.13 bits per heavy atom. The molecule has 0 aliphatic rings. The van der Waals surface area contributed by atoms with Gasteiger partial charge in [-0.3, -0.25) is 4.79 Å². The normalized spacial score (nSPS) is 11.7. The summed E-state index contributed by atoms with van der Waals surface area (Å²) < 4.78 is 35.1. The third kappa shape index (κ3) is 6.26. The molecule has 1 aromatic carbocycles. The first-order chi connectivity index (χ1) is 10.9. The SMILES string of the molecule is COCCOCCCNC(=O)c1ccc(S(=O)(=O)N(C)C)cc1. The first kappa shape index (κ1) is 19.6. The molecule has 0 fully saturated rings. The number of hydrogen-bond donors (Lipinski definition) is 1. The van der Waals surface area contributed by atoms with E-state index in [-0.39, 0.29) is 10.8 Å². The van der Waals surface area contributed by atoms with E-state index in [1.807, 2.05) is 0 Å². The second-order valence-electron chi connectivity index (χ2n) is 5.03. The Labute approximate surface area is 137 Å². The molecule has 0 aliphatic carbocycles. The largest absolute Gasteiger partial charge is 0.382 e. The summed E-state index contributed by atoms with van der Waals surface area (Å²) in [6.07, 6.45) is 0.697. The van der Waals surface area contributed by atoms with Gasteiger partial charge in [0.2, 0.25) is 10.0 Å². The molecule has 8 heteroatoms. The van der Waals surface area contributed by atoms with E-state index in [1.54, 1.807) is 7.11 Å². The lowest BCUT2D eigenvalue weighted by Gasteiger charge is -2.11. The van der Waals surface area contributed by atoms with Crippen LogP contribution >= 0.6 is 0 Å². The molecule has 1 aromatic rings. The lowest BCUT2D eigenvalue weighted by molar-refractivity contribution is 0.0688. The average molecular weight is 344 g/mol. The van der Waals surface area contributed by atoms with Crippen molar-refractivity contribution in [3.8, 4) is 0 Å². The number of hydrogen-bond acceptors (Lipinski definition) is 5. The molecule has 0 heterocycles. The highest BCUT2D eigenvalue weighted by Gasteiger charge is 2.17. The van der Waals surface area contributed by atoms with Gasteiger partial charge in [-0.25, -0.2) is 12.7 Å². The Morgan fingerprint density at radius 2 is 1.78 bits per heavy atom. The van der Waals surface area contributed by atoms with Crippen LogP contribution in [0.2, 0.25) is 0 Å². The Bertz CT molecular complexity index is 584. The monoisotopic (exact) mass is 344 g/mol. The van der Waals surface area contributed by atoms with Crippen molar-refractivity contribution in [2.45, 2.75) is 11.3 Å². The van der Waals surface area contributed by atoms with Crippen LogP contribution in [0.5, 0.6) is 0 Å². The summed E-state index contributed by atoms with van der Waals surface area (Å²) in [5, 5.41) is 2.76. The van der Waals surface area contributed by atoms with Gasteiger partial charge in [0.15, 0.2) is 0 Å². The molecule has 130 valence electrons. The molecule has 1 amide bonds. The van der Waals surface area contributed by atoms with Crippen LogP contribution in [0.25, 0.3) is 0 Å². The molecule has 7 nitrogen and oxygen atoms in total. The number of rotatable bonds is 10. The van der Waals surface area contributed by atoms with Gasteiger partial charge in [-0.1, -0.05) is 0 Å². The molecule has 0 aliphatic heterocycles. The summed E-state index contributed by atoms with van der Waals surface area (Å²) in [7, 11) is 1.06. The Balaban J connectivity index is 2.43. The van der Waals surface area contributed by atoms with Gasteiger partial charge in [0.05, 0.1) is 18.1 Å². The van der Waals surface area contributed by atoms with Crippen LogP contribution in [0.15, 0.2) is 29.2 Å². The molecule has 0 aromatic heterocycles. The van der Waals surface area contributed by atoms with Crippen LogP contribution < -0.4 is 5.32 Å². The molecular weight excluding hydrogens is 320 g/mol. The molecule has 0 saturated heterocycles.